The number of hydrogen-bond acceptors (Lipinski definition) is 5. The van der Waals surface area contributed by atoms with Gasteiger partial charge in [-0.25, -0.2) is 8.42 Å². The van der Waals surface area contributed by atoms with Gasteiger partial charge >= 0.3 is 5.97 Å². The van der Waals surface area contributed by atoms with Crippen LogP contribution in [0.15, 0.2) is 33.6 Å². The maximum absolute atomic E-state index is 12.1. The van der Waals surface area contributed by atoms with E-state index in [0.29, 0.717) is 16.3 Å². The van der Waals surface area contributed by atoms with E-state index in [2.05, 4.69) is 39.8 Å². The number of carbonyl (C=O) groups is 2. The van der Waals surface area contributed by atoms with E-state index in [0.717, 1.165) is 19.3 Å². The molecule has 1 aliphatic carbocycles. The van der Waals surface area contributed by atoms with Crippen molar-refractivity contribution in [1.29, 1.82) is 0 Å². The molecule has 0 aromatic heterocycles. The maximum atomic E-state index is 12.1. The minimum absolute atomic E-state index is 0.0304. The van der Waals surface area contributed by atoms with Gasteiger partial charge in [-0.05, 0) is 36.5 Å². The fourth-order valence-electron chi connectivity index (χ4n) is 3.10. The molecule has 2 N–H and O–H groups in total. The Morgan fingerprint density at radius 1 is 1.26 bits per heavy atom. The quantitative estimate of drug-likeness (QED) is 0.607. The molecule has 0 bridgehead atoms. The zero-order chi connectivity index (χ0) is 20.0. The molecule has 1 saturated carbocycles. The topological polar surface area (TPSA) is 102 Å². The molecule has 1 aromatic rings. The van der Waals surface area contributed by atoms with Gasteiger partial charge in [-0.2, -0.15) is 4.72 Å². The Labute approximate surface area is 168 Å². The molecule has 1 aromatic carbocycles. The van der Waals surface area contributed by atoms with Crippen molar-refractivity contribution in [3.05, 3.63) is 28.7 Å². The van der Waals surface area contributed by atoms with Gasteiger partial charge in [0.15, 0.2) is 6.61 Å². The van der Waals surface area contributed by atoms with Gasteiger partial charge in [0.2, 0.25) is 10.0 Å². The summed E-state index contributed by atoms with van der Waals surface area (Å²) in [5.74, 6) is -0.271. The molecular weight excluding hydrogens is 436 g/mol. The Kier molecular flexibility index (Phi) is 7.81. The van der Waals surface area contributed by atoms with Gasteiger partial charge in [0, 0.05) is 10.5 Å². The van der Waals surface area contributed by atoms with Gasteiger partial charge in [0.1, 0.15) is 6.54 Å². The summed E-state index contributed by atoms with van der Waals surface area (Å²) in [6.07, 6.45) is 3.13. The van der Waals surface area contributed by atoms with Crippen LogP contribution in [0.25, 0.3) is 0 Å². The molecule has 9 heteroatoms. The third kappa shape index (κ3) is 6.58. The summed E-state index contributed by atoms with van der Waals surface area (Å²) >= 11 is 3.20. The molecule has 3 atom stereocenters. The first-order chi connectivity index (χ1) is 12.7. The van der Waals surface area contributed by atoms with E-state index < -0.39 is 29.1 Å². The molecule has 0 saturated heterocycles. The Morgan fingerprint density at radius 3 is 2.70 bits per heavy atom. The lowest BCUT2D eigenvalue weighted by atomic mass is 9.78. The molecule has 0 aliphatic heterocycles. The maximum Gasteiger partial charge on any atom is 0.321 e. The van der Waals surface area contributed by atoms with Crippen molar-refractivity contribution in [3.63, 3.8) is 0 Å². The van der Waals surface area contributed by atoms with Crippen molar-refractivity contribution in [2.45, 2.75) is 44.0 Å². The average Bonchev–Trinajstić information content (AvgIpc) is 2.62. The fraction of sp³-hybridized carbons (Fsp3) is 0.556. The fourth-order valence-corrected chi connectivity index (χ4v) is 4.67. The van der Waals surface area contributed by atoms with E-state index in [-0.39, 0.29) is 16.8 Å². The Morgan fingerprint density at radius 2 is 2.00 bits per heavy atom. The molecule has 27 heavy (non-hydrogen) atoms. The summed E-state index contributed by atoms with van der Waals surface area (Å²) in [5, 5.41) is 2.90. The lowest BCUT2D eigenvalue weighted by Crippen LogP contribution is -2.45. The van der Waals surface area contributed by atoms with E-state index >= 15 is 0 Å². The van der Waals surface area contributed by atoms with Gasteiger partial charge in [-0.3, -0.25) is 9.59 Å². The van der Waals surface area contributed by atoms with Crippen LogP contribution in [0.1, 0.15) is 33.1 Å². The van der Waals surface area contributed by atoms with Crippen LogP contribution < -0.4 is 10.0 Å². The van der Waals surface area contributed by atoms with Gasteiger partial charge < -0.3 is 10.1 Å². The summed E-state index contributed by atoms with van der Waals surface area (Å²) < 4.78 is 31.9. The smallest absolute Gasteiger partial charge is 0.321 e. The van der Waals surface area contributed by atoms with E-state index in [4.69, 9.17) is 4.74 Å². The molecular formula is C18H25BrN2O5S. The highest BCUT2D eigenvalue weighted by atomic mass is 79.9. The second-order valence-electron chi connectivity index (χ2n) is 6.88. The van der Waals surface area contributed by atoms with Crippen molar-refractivity contribution in [1.82, 2.24) is 10.0 Å². The Bertz CT molecular complexity index is 784. The molecule has 1 aliphatic rings. The van der Waals surface area contributed by atoms with E-state index in [9.17, 15) is 18.0 Å². The molecule has 1 fully saturated rings. The van der Waals surface area contributed by atoms with Crippen LogP contribution in [-0.4, -0.2) is 39.5 Å². The number of ether oxygens (including phenoxy) is 1. The lowest BCUT2D eigenvalue weighted by molar-refractivity contribution is -0.147. The third-order valence-electron chi connectivity index (χ3n) is 4.93. The zero-order valence-electron chi connectivity index (χ0n) is 15.4. The van der Waals surface area contributed by atoms with Crippen molar-refractivity contribution >= 4 is 37.8 Å². The van der Waals surface area contributed by atoms with Gasteiger partial charge in [-0.15, -0.1) is 0 Å². The predicted octanol–water partition coefficient (Wildman–Crippen LogP) is 2.21. The second-order valence-corrected chi connectivity index (χ2v) is 9.57. The van der Waals surface area contributed by atoms with Gasteiger partial charge in [0.25, 0.3) is 5.91 Å². The molecule has 0 heterocycles. The minimum Gasteiger partial charge on any atom is -0.455 e. The first kappa shape index (κ1) is 21.8. The molecule has 3 unspecified atom stereocenters. The molecule has 2 rings (SSSR count). The summed E-state index contributed by atoms with van der Waals surface area (Å²) in [7, 11) is -3.83. The van der Waals surface area contributed by atoms with Crippen molar-refractivity contribution < 1.29 is 22.7 Å². The van der Waals surface area contributed by atoms with E-state index in [1.54, 1.807) is 12.1 Å². The number of rotatable bonds is 7. The number of esters is 1. The van der Waals surface area contributed by atoms with Crippen LogP contribution in [0.4, 0.5) is 0 Å². The molecule has 7 nitrogen and oxygen atoms in total. The number of benzene rings is 1. The first-order valence-corrected chi connectivity index (χ1v) is 11.2. The number of carbonyl (C=O) groups excluding carboxylic acids is 2. The second kappa shape index (κ2) is 9.66. The third-order valence-corrected chi connectivity index (χ3v) is 6.82. The van der Waals surface area contributed by atoms with E-state index in [1.165, 1.54) is 12.1 Å². The highest BCUT2D eigenvalue weighted by molar-refractivity contribution is 9.10. The number of hydrogen-bond donors (Lipinski definition) is 2. The Balaban J connectivity index is 1.76. The zero-order valence-corrected chi connectivity index (χ0v) is 17.8. The summed E-state index contributed by atoms with van der Waals surface area (Å²) in [5.41, 5.74) is 0. The highest BCUT2D eigenvalue weighted by Gasteiger charge is 2.28. The standard InChI is InChI=1S/C18H25BrN2O5S/c1-12-5-3-8-16(13(12)2)21-17(22)11-26-18(23)10-20-27(24,25)15-7-4-6-14(19)9-15/h4,6-7,9,12-13,16,20H,3,5,8,10-11H2,1-2H3,(H,21,22). The molecule has 150 valence electrons. The van der Waals surface area contributed by atoms with Crippen LogP contribution in [0.3, 0.4) is 0 Å². The summed E-state index contributed by atoms with van der Waals surface area (Å²) in [4.78, 5) is 23.8. The normalized spacial score (nSPS) is 22.9. The van der Waals surface area contributed by atoms with Crippen LogP contribution in [0.5, 0.6) is 0 Å². The predicted molar refractivity (Wildman–Crippen MR) is 104 cm³/mol. The van der Waals surface area contributed by atoms with Gasteiger partial charge in [-0.1, -0.05) is 48.7 Å². The summed E-state index contributed by atoms with van der Waals surface area (Å²) in [6.45, 7) is 3.31. The van der Waals surface area contributed by atoms with Crippen LogP contribution in [0, 0.1) is 11.8 Å². The van der Waals surface area contributed by atoms with Crippen LogP contribution in [0.2, 0.25) is 0 Å². The monoisotopic (exact) mass is 460 g/mol. The average molecular weight is 461 g/mol. The molecule has 1 amide bonds. The van der Waals surface area contributed by atoms with E-state index in [1.807, 2.05) is 0 Å². The van der Waals surface area contributed by atoms with Crippen LogP contribution >= 0.6 is 15.9 Å². The number of nitrogens with one attached hydrogen (secondary N) is 2. The Hall–Kier alpha value is -1.45. The number of sulfonamides is 1. The summed E-state index contributed by atoms with van der Waals surface area (Å²) in [6, 6.07) is 6.19. The van der Waals surface area contributed by atoms with Crippen molar-refractivity contribution in [3.8, 4) is 0 Å². The van der Waals surface area contributed by atoms with Crippen molar-refractivity contribution in [2.24, 2.45) is 11.8 Å². The largest absolute Gasteiger partial charge is 0.455 e. The van der Waals surface area contributed by atoms with Gasteiger partial charge in [0.05, 0.1) is 4.90 Å². The number of halogens is 1. The highest BCUT2D eigenvalue weighted by Crippen LogP contribution is 2.29. The minimum atomic E-state index is -3.83. The SMILES string of the molecule is CC1CCCC(NC(=O)COC(=O)CNS(=O)(=O)c2cccc(Br)c2)C1C. The first-order valence-electron chi connectivity index (χ1n) is 8.89. The van der Waals surface area contributed by atoms with Crippen LogP contribution in [-0.2, 0) is 24.3 Å². The molecule has 0 radical (unpaired) electrons. The van der Waals surface area contributed by atoms with Crippen molar-refractivity contribution in [2.75, 3.05) is 13.2 Å². The molecule has 0 spiro atoms. The lowest BCUT2D eigenvalue weighted by Gasteiger charge is -2.34. The number of amides is 1.